The molecule has 0 saturated heterocycles. The molecule has 2 aliphatic heterocycles. The smallest absolute Gasteiger partial charge is 0.272 e. The van der Waals surface area contributed by atoms with E-state index in [-0.39, 0.29) is 41.5 Å². The number of halogens is 1. The molecule has 67 heavy (non-hydrogen) atoms. The predicted molar refractivity (Wildman–Crippen MR) is 261 cm³/mol. The van der Waals surface area contributed by atoms with E-state index in [2.05, 4.69) is 46.8 Å². The third-order valence-electron chi connectivity index (χ3n) is 11.2. The highest BCUT2D eigenvalue weighted by molar-refractivity contribution is 8.13. The first-order valence-electron chi connectivity index (χ1n) is 22.3. The fourth-order valence-electron chi connectivity index (χ4n) is 7.45. The number of likely N-dealkylation sites (N-methyl/N-ethyl adjacent to an activating group) is 2. The number of sulfonamides is 1. The van der Waals surface area contributed by atoms with Crippen LogP contribution in [0, 0.1) is 10.8 Å². The van der Waals surface area contributed by atoms with Crippen molar-refractivity contribution in [2.24, 2.45) is 10.8 Å². The minimum absolute atomic E-state index is 0.00849. The summed E-state index contributed by atoms with van der Waals surface area (Å²) in [6, 6.07) is 17.9. The SMILES string of the molecule is CCS(=O)(=O)Cl.CCS(=O)(=O)N1CCCn2c(-c3ccccc3)nc(C(=O)N[C@H](C(=O)NC)C(C)(C)C)c2C1.CNC(=O)[C@@H](NC(=O)c1nc(-c2ccccc2)n2c1CNCCC2)C(C)(C)C. The predicted octanol–water partition coefficient (Wildman–Crippen LogP) is 4.50. The topological polar surface area (TPSA) is 236 Å². The standard InChI is InChI=1S/C23H33N5O4S.C21H29N5O2.C2H5ClO2S/c1-6-33(31,32)27-13-10-14-28-17(15-27)18(25-20(28)16-11-8-7-9-12-16)21(29)26-19(22(30)24-5)23(2,3)4;1-21(2,3)17(20(28)22-4)25-19(27)16-15-13-23-11-8-12-26(15)18(24-16)14-9-6-5-7-10-14;1-2-6(3,4)5/h7-9,11-12,19H,6,10,13-15H2,1-5H3,(H,24,30)(H,26,29);5-7,9-10,17,23H,8,11-13H2,1-4H3,(H,22,28)(H,25,27);2H2,1H3/t19-;17-;/m11./s1. The molecule has 4 aromatic rings. The first kappa shape index (κ1) is 54.5. The maximum atomic E-state index is 13.4. The number of amides is 4. The molecule has 0 bridgehead atoms. The summed E-state index contributed by atoms with van der Waals surface area (Å²) in [5.74, 6) is 0.0481. The van der Waals surface area contributed by atoms with Crippen LogP contribution in [0.25, 0.3) is 22.8 Å². The molecule has 0 saturated carbocycles. The van der Waals surface area contributed by atoms with Crippen molar-refractivity contribution in [1.29, 1.82) is 0 Å². The van der Waals surface area contributed by atoms with E-state index in [1.807, 2.05) is 107 Å². The van der Waals surface area contributed by atoms with Gasteiger partial charge in [0, 0.05) is 62.1 Å². The van der Waals surface area contributed by atoms with Gasteiger partial charge in [0.05, 0.1) is 29.4 Å². The molecule has 4 heterocycles. The number of aromatic nitrogens is 4. The van der Waals surface area contributed by atoms with Gasteiger partial charge in [0.1, 0.15) is 23.7 Å². The van der Waals surface area contributed by atoms with Gasteiger partial charge in [0.25, 0.3) is 11.8 Å². The summed E-state index contributed by atoms with van der Waals surface area (Å²) in [5, 5.41) is 14.3. The zero-order chi connectivity index (χ0) is 49.9. The van der Waals surface area contributed by atoms with Crippen LogP contribution in [0.2, 0.25) is 0 Å². The Kier molecular flexibility index (Phi) is 18.9. The summed E-state index contributed by atoms with van der Waals surface area (Å²) in [6.45, 7) is 17.7. The molecule has 2 aliphatic rings. The Morgan fingerprint density at radius 3 is 1.49 bits per heavy atom. The second kappa shape index (κ2) is 23.2. The molecule has 2 atom stereocenters. The van der Waals surface area contributed by atoms with Crippen molar-refractivity contribution in [3.63, 3.8) is 0 Å². The monoisotopic (exact) mass is 986 g/mol. The molecule has 0 radical (unpaired) electrons. The minimum atomic E-state index is -3.45. The highest BCUT2D eigenvalue weighted by Crippen LogP contribution is 2.29. The molecule has 0 aliphatic carbocycles. The number of nitrogens with zero attached hydrogens (tertiary/aromatic N) is 5. The molecule has 0 fully saturated rings. The summed E-state index contributed by atoms with van der Waals surface area (Å²) < 4.78 is 50.3. The van der Waals surface area contributed by atoms with Crippen LogP contribution >= 0.6 is 10.7 Å². The Morgan fingerprint density at radius 2 is 1.09 bits per heavy atom. The van der Waals surface area contributed by atoms with Crippen LogP contribution < -0.4 is 26.6 Å². The Balaban J connectivity index is 0.000000263. The van der Waals surface area contributed by atoms with Gasteiger partial charge in [-0.3, -0.25) is 19.2 Å². The third kappa shape index (κ3) is 14.4. The zero-order valence-corrected chi connectivity index (χ0v) is 42.6. The normalized spacial score (nSPS) is 15.3. The molecule has 5 N–H and O–H groups in total. The number of imidazole rings is 2. The van der Waals surface area contributed by atoms with Gasteiger partial charge >= 0.3 is 0 Å². The van der Waals surface area contributed by atoms with E-state index >= 15 is 0 Å². The maximum absolute atomic E-state index is 13.4. The average molecular weight is 988 g/mol. The van der Waals surface area contributed by atoms with E-state index < -0.39 is 47.9 Å². The number of nitrogens with one attached hydrogen (secondary N) is 5. The van der Waals surface area contributed by atoms with Gasteiger partial charge in [-0.25, -0.2) is 26.8 Å². The molecular formula is C46H67ClN10O8S2. The molecular weight excluding hydrogens is 920 g/mol. The molecule has 2 aromatic carbocycles. The zero-order valence-electron chi connectivity index (χ0n) is 40.2. The molecule has 0 unspecified atom stereocenters. The summed E-state index contributed by atoms with van der Waals surface area (Å²) >= 11 is 0. The van der Waals surface area contributed by atoms with Gasteiger partial charge in [-0.2, -0.15) is 4.31 Å². The Bertz CT molecular complexity index is 2570. The molecule has 21 heteroatoms. The van der Waals surface area contributed by atoms with Gasteiger partial charge in [-0.05, 0) is 37.1 Å². The maximum Gasteiger partial charge on any atom is 0.272 e. The lowest BCUT2D eigenvalue weighted by molar-refractivity contribution is -0.125. The van der Waals surface area contributed by atoms with Gasteiger partial charge in [-0.15, -0.1) is 0 Å². The van der Waals surface area contributed by atoms with E-state index in [9.17, 15) is 36.0 Å². The Morgan fingerprint density at radius 1 is 0.672 bits per heavy atom. The van der Waals surface area contributed by atoms with Crippen LogP contribution in [0.3, 0.4) is 0 Å². The second-order valence-electron chi connectivity index (χ2n) is 18.2. The fraction of sp³-hybridized carbons (Fsp3) is 0.522. The summed E-state index contributed by atoms with van der Waals surface area (Å²) in [5.41, 5.74) is 2.77. The molecule has 18 nitrogen and oxygen atoms in total. The van der Waals surface area contributed by atoms with Crippen molar-refractivity contribution in [1.82, 2.24) is 50.0 Å². The number of hydrogen-bond donors (Lipinski definition) is 5. The van der Waals surface area contributed by atoms with Crippen molar-refractivity contribution in [3.8, 4) is 22.8 Å². The van der Waals surface area contributed by atoms with Gasteiger partial charge in [-0.1, -0.05) is 109 Å². The molecule has 0 spiro atoms. The van der Waals surface area contributed by atoms with Gasteiger partial charge < -0.3 is 35.7 Å². The molecule has 4 amide bonds. The van der Waals surface area contributed by atoms with Crippen LogP contribution in [-0.4, -0.2) is 115 Å². The number of benzene rings is 2. The third-order valence-corrected chi connectivity index (χ3v) is 14.4. The van der Waals surface area contributed by atoms with E-state index in [0.717, 1.165) is 42.2 Å². The first-order chi connectivity index (χ1) is 31.4. The van der Waals surface area contributed by atoms with E-state index in [1.54, 1.807) is 14.0 Å². The number of carbonyl (C=O) groups excluding carboxylic acids is 4. The summed E-state index contributed by atoms with van der Waals surface area (Å²) in [4.78, 5) is 60.8. The number of rotatable bonds is 11. The minimum Gasteiger partial charge on any atom is -0.357 e. The average Bonchev–Trinajstić information content (AvgIpc) is 3.61. The van der Waals surface area contributed by atoms with Crippen LogP contribution in [0.4, 0.5) is 0 Å². The van der Waals surface area contributed by atoms with E-state index in [1.165, 1.54) is 18.3 Å². The molecule has 2 aromatic heterocycles. The van der Waals surface area contributed by atoms with Crippen LogP contribution in [0.5, 0.6) is 0 Å². The number of hydrogen-bond acceptors (Lipinski definition) is 11. The van der Waals surface area contributed by atoms with Crippen LogP contribution in [0.1, 0.15) is 101 Å². The fourth-order valence-corrected chi connectivity index (χ4v) is 8.54. The van der Waals surface area contributed by atoms with Gasteiger partial charge in [0.15, 0.2) is 11.4 Å². The lowest BCUT2D eigenvalue weighted by Gasteiger charge is -2.29. The summed E-state index contributed by atoms with van der Waals surface area (Å²) in [7, 11) is 1.15. The lowest BCUT2D eigenvalue weighted by atomic mass is 9.86. The molecule has 368 valence electrons. The van der Waals surface area contributed by atoms with E-state index in [0.29, 0.717) is 43.3 Å². The highest BCUT2D eigenvalue weighted by Gasteiger charge is 2.37. The van der Waals surface area contributed by atoms with Crippen LogP contribution in [0.15, 0.2) is 60.7 Å². The Labute approximate surface area is 399 Å². The van der Waals surface area contributed by atoms with Crippen molar-refractivity contribution < 1.29 is 36.0 Å². The second-order valence-corrected chi connectivity index (χ2v) is 23.5. The number of carbonyl (C=O) groups is 4. The van der Waals surface area contributed by atoms with Crippen molar-refractivity contribution >= 4 is 53.4 Å². The molecule has 6 rings (SSSR count). The summed E-state index contributed by atoms with van der Waals surface area (Å²) in [6.07, 6.45) is 1.57. The largest absolute Gasteiger partial charge is 0.357 e. The number of fused-ring (bicyclic) bond motifs is 2. The Hall–Kier alpha value is -5.15. The van der Waals surface area contributed by atoms with Gasteiger partial charge in [0.2, 0.25) is 30.9 Å². The van der Waals surface area contributed by atoms with Crippen LogP contribution in [-0.2, 0) is 54.8 Å². The highest BCUT2D eigenvalue weighted by atomic mass is 35.7. The van der Waals surface area contributed by atoms with Crippen molar-refractivity contribution in [2.75, 3.05) is 38.7 Å². The van der Waals surface area contributed by atoms with Crippen molar-refractivity contribution in [3.05, 3.63) is 83.4 Å². The van der Waals surface area contributed by atoms with Crippen molar-refractivity contribution in [2.45, 2.75) is 106 Å². The lowest BCUT2D eigenvalue weighted by Crippen LogP contribution is -2.53. The first-order valence-corrected chi connectivity index (χ1v) is 26.4. The quantitative estimate of drug-likeness (QED) is 0.131. The van der Waals surface area contributed by atoms with E-state index in [4.69, 9.17) is 4.98 Å².